The molecule has 0 bridgehead atoms. The number of hydrogen-bond acceptors (Lipinski definition) is 2. The van der Waals surface area contributed by atoms with E-state index in [2.05, 4.69) is 5.32 Å². The van der Waals surface area contributed by atoms with Crippen LogP contribution in [0.25, 0.3) is 0 Å². The van der Waals surface area contributed by atoms with Crippen molar-refractivity contribution in [1.82, 2.24) is 0 Å². The van der Waals surface area contributed by atoms with Gasteiger partial charge in [-0.2, -0.15) is 13.2 Å². The monoisotopic (exact) mass is 275 g/mol. The Morgan fingerprint density at radius 1 is 1.17 bits per heavy atom. The van der Waals surface area contributed by atoms with Gasteiger partial charge >= 0.3 is 6.18 Å². The van der Waals surface area contributed by atoms with Crippen LogP contribution in [0.15, 0.2) is 35.7 Å². The predicted molar refractivity (Wildman–Crippen MR) is 63.0 cm³/mol. The molecule has 1 aromatic heterocycles. The largest absolute Gasteiger partial charge is 0.419 e. The summed E-state index contributed by atoms with van der Waals surface area (Å²) in [6, 6.07) is 6.61. The van der Waals surface area contributed by atoms with Crippen LogP contribution in [-0.2, 0) is 12.7 Å². The van der Waals surface area contributed by atoms with E-state index in [0.717, 1.165) is 17.0 Å². The quantitative estimate of drug-likeness (QED) is 0.812. The fraction of sp³-hybridized carbons (Fsp3) is 0.167. The van der Waals surface area contributed by atoms with Crippen molar-refractivity contribution in [3.63, 3.8) is 0 Å². The van der Waals surface area contributed by atoms with Crippen LogP contribution in [-0.4, -0.2) is 0 Å². The van der Waals surface area contributed by atoms with Crippen molar-refractivity contribution < 1.29 is 17.6 Å². The molecule has 1 nitrogen and oxygen atoms in total. The van der Waals surface area contributed by atoms with Gasteiger partial charge < -0.3 is 5.32 Å². The summed E-state index contributed by atoms with van der Waals surface area (Å²) in [5.74, 6) is -1.26. The van der Waals surface area contributed by atoms with E-state index in [1.54, 1.807) is 0 Å². The highest BCUT2D eigenvalue weighted by molar-refractivity contribution is 7.09. The van der Waals surface area contributed by atoms with Crippen molar-refractivity contribution in [3.8, 4) is 0 Å². The first-order chi connectivity index (χ1) is 8.47. The number of alkyl halides is 3. The normalized spacial score (nSPS) is 11.6. The fourth-order valence-electron chi connectivity index (χ4n) is 1.45. The second kappa shape index (κ2) is 4.97. The van der Waals surface area contributed by atoms with Gasteiger partial charge in [0.25, 0.3) is 0 Å². The molecule has 1 aromatic carbocycles. The molecule has 0 saturated heterocycles. The molecule has 1 heterocycles. The summed E-state index contributed by atoms with van der Waals surface area (Å²) in [4.78, 5) is 0.993. The van der Waals surface area contributed by atoms with Crippen LogP contribution in [0.2, 0.25) is 0 Å². The Hall–Kier alpha value is -1.56. The third kappa shape index (κ3) is 3.01. The Morgan fingerprint density at radius 2 is 1.94 bits per heavy atom. The molecule has 0 aliphatic rings. The van der Waals surface area contributed by atoms with Crippen molar-refractivity contribution >= 4 is 17.0 Å². The molecule has 0 atom stereocenters. The number of thiophene rings is 1. The van der Waals surface area contributed by atoms with Gasteiger partial charge in [0.05, 0.1) is 5.56 Å². The summed E-state index contributed by atoms with van der Waals surface area (Å²) in [6.45, 7) is 0.417. The lowest BCUT2D eigenvalue weighted by Gasteiger charge is -2.11. The third-order valence-corrected chi connectivity index (χ3v) is 3.19. The van der Waals surface area contributed by atoms with E-state index in [4.69, 9.17) is 0 Å². The van der Waals surface area contributed by atoms with Crippen LogP contribution in [0.3, 0.4) is 0 Å². The second-order valence-corrected chi connectivity index (χ2v) is 4.66. The summed E-state index contributed by atoms with van der Waals surface area (Å²) in [5, 5.41) is 4.71. The van der Waals surface area contributed by atoms with Crippen molar-refractivity contribution in [2.24, 2.45) is 0 Å². The molecule has 18 heavy (non-hydrogen) atoms. The van der Waals surface area contributed by atoms with E-state index in [1.165, 1.54) is 17.4 Å². The SMILES string of the molecule is Fc1ccc(NCc2cccs2)cc1C(F)(F)F. The summed E-state index contributed by atoms with van der Waals surface area (Å²) >= 11 is 1.50. The molecule has 0 amide bonds. The highest BCUT2D eigenvalue weighted by Gasteiger charge is 2.34. The topological polar surface area (TPSA) is 12.0 Å². The first kappa shape index (κ1) is 12.9. The zero-order valence-corrected chi connectivity index (χ0v) is 9.91. The average Bonchev–Trinajstić information content (AvgIpc) is 2.79. The Balaban J connectivity index is 2.15. The number of rotatable bonds is 3. The highest BCUT2D eigenvalue weighted by Crippen LogP contribution is 2.33. The zero-order valence-electron chi connectivity index (χ0n) is 9.09. The first-order valence-corrected chi connectivity index (χ1v) is 5.98. The van der Waals surface area contributed by atoms with Gasteiger partial charge in [0.15, 0.2) is 0 Å². The molecule has 0 aliphatic heterocycles. The van der Waals surface area contributed by atoms with Gasteiger partial charge in [0.1, 0.15) is 5.82 Å². The molecule has 6 heteroatoms. The van der Waals surface area contributed by atoms with E-state index in [9.17, 15) is 17.6 Å². The Bertz CT molecular complexity index is 519. The van der Waals surface area contributed by atoms with Crippen LogP contribution in [0, 0.1) is 5.82 Å². The zero-order chi connectivity index (χ0) is 13.2. The lowest BCUT2D eigenvalue weighted by Crippen LogP contribution is -2.09. The highest BCUT2D eigenvalue weighted by atomic mass is 32.1. The van der Waals surface area contributed by atoms with E-state index in [-0.39, 0.29) is 5.69 Å². The molecule has 0 fully saturated rings. The van der Waals surface area contributed by atoms with Gasteiger partial charge in [0.2, 0.25) is 0 Å². The van der Waals surface area contributed by atoms with Crippen LogP contribution < -0.4 is 5.32 Å². The lowest BCUT2D eigenvalue weighted by atomic mass is 10.2. The predicted octanol–water partition coefficient (Wildman–Crippen LogP) is 4.52. The van der Waals surface area contributed by atoms with Crippen molar-refractivity contribution in [3.05, 3.63) is 52.0 Å². The number of halogens is 4. The van der Waals surface area contributed by atoms with Gasteiger partial charge in [-0.05, 0) is 29.6 Å². The van der Waals surface area contributed by atoms with Crippen LogP contribution in [0.1, 0.15) is 10.4 Å². The maximum atomic E-state index is 13.0. The number of anilines is 1. The van der Waals surface area contributed by atoms with Gasteiger partial charge in [0, 0.05) is 17.1 Å². The van der Waals surface area contributed by atoms with E-state index < -0.39 is 17.6 Å². The molecular weight excluding hydrogens is 266 g/mol. The van der Waals surface area contributed by atoms with E-state index >= 15 is 0 Å². The summed E-state index contributed by atoms with van der Waals surface area (Å²) < 4.78 is 50.5. The minimum atomic E-state index is -4.68. The number of benzene rings is 1. The molecule has 0 radical (unpaired) electrons. The fourth-order valence-corrected chi connectivity index (χ4v) is 2.10. The van der Waals surface area contributed by atoms with E-state index in [0.29, 0.717) is 6.54 Å². The lowest BCUT2D eigenvalue weighted by molar-refractivity contribution is -0.139. The summed E-state index contributed by atoms with van der Waals surface area (Å²) in [5.41, 5.74) is -1.00. The van der Waals surface area contributed by atoms with Crippen molar-refractivity contribution in [2.45, 2.75) is 12.7 Å². The molecule has 2 rings (SSSR count). The molecule has 0 aliphatic carbocycles. The minimum Gasteiger partial charge on any atom is -0.380 e. The molecule has 0 unspecified atom stereocenters. The smallest absolute Gasteiger partial charge is 0.380 e. The number of hydrogen-bond donors (Lipinski definition) is 1. The van der Waals surface area contributed by atoms with Gasteiger partial charge in [-0.1, -0.05) is 6.07 Å². The minimum absolute atomic E-state index is 0.247. The maximum absolute atomic E-state index is 13.0. The molecular formula is C12H9F4NS. The number of nitrogens with one attached hydrogen (secondary N) is 1. The summed E-state index contributed by atoms with van der Waals surface area (Å²) in [7, 11) is 0. The van der Waals surface area contributed by atoms with Crippen molar-refractivity contribution in [1.29, 1.82) is 0 Å². The third-order valence-electron chi connectivity index (χ3n) is 2.32. The summed E-state index contributed by atoms with van der Waals surface area (Å²) in [6.07, 6.45) is -4.68. The van der Waals surface area contributed by atoms with E-state index in [1.807, 2.05) is 17.5 Å². The van der Waals surface area contributed by atoms with Gasteiger partial charge in [-0.25, -0.2) is 4.39 Å². The Kier molecular flexibility index (Phi) is 3.56. The van der Waals surface area contributed by atoms with Gasteiger partial charge in [-0.15, -0.1) is 11.3 Å². The van der Waals surface area contributed by atoms with Crippen LogP contribution in [0.5, 0.6) is 0 Å². The molecule has 0 saturated carbocycles. The molecule has 1 N–H and O–H groups in total. The Labute approximate surface area is 105 Å². The average molecular weight is 275 g/mol. The molecule has 2 aromatic rings. The Morgan fingerprint density at radius 3 is 2.56 bits per heavy atom. The second-order valence-electron chi connectivity index (χ2n) is 3.63. The first-order valence-electron chi connectivity index (χ1n) is 5.10. The van der Waals surface area contributed by atoms with Crippen molar-refractivity contribution in [2.75, 3.05) is 5.32 Å². The molecule has 96 valence electrons. The molecule has 0 spiro atoms. The standard InChI is InChI=1S/C12H9F4NS/c13-11-4-3-8(6-10(11)12(14,15)16)17-7-9-2-1-5-18-9/h1-6,17H,7H2. The maximum Gasteiger partial charge on any atom is 0.419 e. The van der Waals surface area contributed by atoms with Gasteiger partial charge in [-0.3, -0.25) is 0 Å². The van der Waals surface area contributed by atoms with Crippen LogP contribution in [0.4, 0.5) is 23.2 Å². The van der Waals surface area contributed by atoms with Crippen LogP contribution >= 0.6 is 11.3 Å².